The first-order valence-corrected chi connectivity index (χ1v) is 19.3. The number of β-amino-alcohol motifs (C(OH)–C–C–N with tert-alkyl or cyclic N) is 1. The molecule has 2 heterocycles. The van der Waals surface area contributed by atoms with Crippen LogP contribution in [0.3, 0.4) is 0 Å². The molecule has 3 unspecified atom stereocenters. The number of aromatic nitrogens is 1. The Kier molecular flexibility index (Phi) is 14.5. The van der Waals surface area contributed by atoms with Crippen molar-refractivity contribution in [1.29, 1.82) is 0 Å². The number of nitrogens with two attached hydrogens (primary N) is 1. The highest BCUT2D eigenvalue weighted by molar-refractivity contribution is 7.13. The summed E-state index contributed by atoms with van der Waals surface area (Å²) in [7, 11) is 0. The van der Waals surface area contributed by atoms with E-state index in [-0.39, 0.29) is 51.8 Å². The van der Waals surface area contributed by atoms with Crippen LogP contribution >= 0.6 is 11.3 Å². The van der Waals surface area contributed by atoms with Crippen LogP contribution in [-0.2, 0) is 35.2 Å². The van der Waals surface area contributed by atoms with E-state index in [0.717, 1.165) is 21.7 Å². The molecule has 1 saturated heterocycles. The number of hydrogen-bond acceptors (Lipinski definition) is 11. The van der Waals surface area contributed by atoms with Gasteiger partial charge >= 0.3 is 0 Å². The maximum atomic E-state index is 13.9. The molecule has 3 atom stereocenters. The molecule has 16 heteroatoms. The number of carbonyl (C=O) groups excluding carboxylic acids is 5. The molecule has 5 rings (SSSR count). The number of aryl methyl sites for hydroxylation is 1. The van der Waals surface area contributed by atoms with E-state index < -0.39 is 47.2 Å². The van der Waals surface area contributed by atoms with Crippen molar-refractivity contribution in [3.63, 3.8) is 0 Å². The number of benzene rings is 3. The lowest BCUT2D eigenvalue weighted by molar-refractivity contribution is -0.144. The van der Waals surface area contributed by atoms with Crippen LogP contribution in [0.4, 0.5) is 17.1 Å². The van der Waals surface area contributed by atoms with Gasteiger partial charge in [0.15, 0.2) is 0 Å². The molecule has 1 fully saturated rings. The van der Waals surface area contributed by atoms with Crippen LogP contribution in [0, 0.1) is 12.3 Å². The second-order valence-electron chi connectivity index (χ2n) is 14.7. The van der Waals surface area contributed by atoms with Crippen molar-refractivity contribution >= 4 is 57.9 Å². The molecule has 7 N–H and O–H groups in total. The van der Waals surface area contributed by atoms with Crippen molar-refractivity contribution in [1.82, 2.24) is 20.5 Å². The summed E-state index contributed by atoms with van der Waals surface area (Å²) in [5, 5.41) is 21.6. The number of thiazole rings is 1. The van der Waals surface area contributed by atoms with Gasteiger partial charge in [0, 0.05) is 30.8 Å². The van der Waals surface area contributed by atoms with Gasteiger partial charge in [-0.05, 0) is 59.9 Å². The summed E-state index contributed by atoms with van der Waals surface area (Å²) >= 11 is 1.56. The highest BCUT2D eigenvalue weighted by atomic mass is 32.1. The quantitative estimate of drug-likeness (QED) is 0.0714. The van der Waals surface area contributed by atoms with Crippen LogP contribution < -0.4 is 27.0 Å². The Morgan fingerprint density at radius 1 is 0.930 bits per heavy atom. The smallest absolute Gasteiger partial charge is 0.255 e. The van der Waals surface area contributed by atoms with Crippen molar-refractivity contribution < 1.29 is 38.6 Å². The summed E-state index contributed by atoms with van der Waals surface area (Å²) in [6, 6.07) is 19.1. The summed E-state index contributed by atoms with van der Waals surface area (Å²) in [5.41, 5.74) is 11.6. The zero-order valence-corrected chi connectivity index (χ0v) is 33.2. The van der Waals surface area contributed by atoms with Crippen molar-refractivity contribution in [3.8, 4) is 10.4 Å². The average molecular weight is 800 g/mol. The normalized spacial score (nSPS) is 15.8. The molecule has 5 amide bonds. The molecule has 4 aromatic rings. The van der Waals surface area contributed by atoms with Gasteiger partial charge in [-0.3, -0.25) is 24.0 Å². The van der Waals surface area contributed by atoms with E-state index in [2.05, 4.69) is 26.3 Å². The predicted octanol–water partition coefficient (Wildman–Crippen LogP) is 3.73. The highest BCUT2D eigenvalue weighted by Gasteiger charge is 2.44. The number of likely N-dealkylation sites (tertiary alicyclic amines) is 1. The van der Waals surface area contributed by atoms with Gasteiger partial charge < -0.3 is 46.5 Å². The van der Waals surface area contributed by atoms with Crippen LogP contribution in [-0.4, -0.2) is 95.7 Å². The van der Waals surface area contributed by atoms with Crippen LogP contribution in [0.2, 0.25) is 0 Å². The Morgan fingerprint density at radius 3 is 2.23 bits per heavy atom. The number of rotatable bonds is 16. The van der Waals surface area contributed by atoms with Crippen molar-refractivity contribution in [2.75, 3.05) is 49.3 Å². The van der Waals surface area contributed by atoms with E-state index in [9.17, 15) is 29.1 Å². The third-order valence-electron chi connectivity index (χ3n) is 9.19. The predicted molar refractivity (Wildman–Crippen MR) is 217 cm³/mol. The molecule has 0 spiro atoms. The fraction of sp³-hybridized carbons (Fsp3) is 0.366. The van der Waals surface area contributed by atoms with E-state index >= 15 is 0 Å². The number of nitrogens with zero attached hydrogens (tertiary/aromatic N) is 2. The lowest BCUT2D eigenvalue weighted by Crippen LogP contribution is -2.58. The molecule has 3 aromatic carbocycles. The average Bonchev–Trinajstić information content (AvgIpc) is 3.80. The fourth-order valence-electron chi connectivity index (χ4n) is 6.14. The lowest BCUT2D eigenvalue weighted by Gasteiger charge is -2.35. The molecular formula is C41H49N7O8S. The number of hydrogen-bond donors (Lipinski definition) is 6. The largest absolute Gasteiger partial charge is 0.397 e. The Labute approximate surface area is 335 Å². The molecule has 1 aromatic heterocycles. The monoisotopic (exact) mass is 799 g/mol. The van der Waals surface area contributed by atoms with Crippen LogP contribution in [0.15, 0.2) is 78.3 Å². The topological polar surface area (TPSA) is 214 Å². The Hall–Kier alpha value is -5.68. The first-order chi connectivity index (χ1) is 27.2. The molecule has 0 radical (unpaired) electrons. The van der Waals surface area contributed by atoms with E-state index in [1.807, 2.05) is 31.2 Å². The van der Waals surface area contributed by atoms with E-state index in [4.69, 9.17) is 15.2 Å². The van der Waals surface area contributed by atoms with E-state index in [1.54, 1.807) is 86.1 Å². The number of carbonyl (C=O) groups is 5. The third-order valence-corrected chi connectivity index (χ3v) is 10.2. The Morgan fingerprint density at radius 2 is 1.60 bits per heavy atom. The summed E-state index contributed by atoms with van der Waals surface area (Å²) in [5.74, 6) is -2.21. The molecule has 0 bridgehead atoms. The summed E-state index contributed by atoms with van der Waals surface area (Å²) in [6.45, 7) is 6.89. The SMILES string of the molecule is Cc1ncsc1-c1ccc(CNC(=O)C2CC(O)CN2C(=O)C(NC(=O)COCCOCC(=O)Nc2ccc(C(=O)Nc3ccccc3N)cc2)C(C)(C)C)cc1. The summed E-state index contributed by atoms with van der Waals surface area (Å²) < 4.78 is 10.8. The lowest BCUT2D eigenvalue weighted by atomic mass is 9.85. The Balaban J connectivity index is 1.02. The number of para-hydroxylation sites is 2. The van der Waals surface area contributed by atoms with Gasteiger partial charge in [0.25, 0.3) is 5.91 Å². The van der Waals surface area contributed by atoms with Gasteiger partial charge in [-0.15, -0.1) is 11.3 Å². The first kappa shape index (κ1) is 42.5. The van der Waals surface area contributed by atoms with Crippen molar-refractivity contribution in [2.45, 2.75) is 58.8 Å². The molecule has 0 saturated carbocycles. The number of amides is 5. The van der Waals surface area contributed by atoms with E-state index in [1.165, 1.54) is 4.90 Å². The summed E-state index contributed by atoms with van der Waals surface area (Å²) in [4.78, 5) is 71.8. The van der Waals surface area contributed by atoms with Crippen molar-refractivity contribution in [3.05, 3.63) is 95.1 Å². The zero-order valence-electron chi connectivity index (χ0n) is 32.4. The van der Waals surface area contributed by atoms with Gasteiger partial charge in [0.05, 0.1) is 46.8 Å². The van der Waals surface area contributed by atoms with Crippen LogP contribution in [0.25, 0.3) is 10.4 Å². The van der Waals surface area contributed by atoms with Gasteiger partial charge in [-0.25, -0.2) is 4.98 Å². The van der Waals surface area contributed by atoms with Crippen LogP contribution in [0.5, 0.6) is 0 Å². The highest BCUT2D eigenvalue weighted by Crippen LogP contribution is 2.28. The van der Waals surface area contributed by atoms with Gasteiger partial charge in [-0.2, -0.15) is 0 Å². The van der Waals surface area contributed by atoms with E-state index in [0.29, 0.717) is 22.6 Å². The number of nitrogen functional groups attached to an aromatic ring is 1. The maximum absolute atomic E-state index is 13.9. The van der Waals surface area contributed by atoms with Crippen LogP contribution in [0.1, 0.15) is 48.8 Å². The summed E-state index contributed by atoms with van der Waals surface area (Å²) in [6.07, 6.45) is -0.822. The minimum absolute atomic E-state index is 0.00125. The van der Waals surface area contributed by atoms with Gasteiger partial charge in [-0.1, -0.05) is 57.2 Å². The minimum atomic E-state index is -1.01. The molecule has 1 aliphatic rings. The first-order valence-electron chi connectivity index (χ1n) is 18.5. The second kappa shape index (κ2) is 19.5. The number of aliphatic hydroxyl groups excluding tert-OH is 1. The number of anilines is 3. The molecule has 57 heavy (non-hydrogen) atoms. The number of ether oxygens (including phenoxy) is 2. The minimum Gasteiger partial charge on any atom is -0.397 e. The van der Waals surface area contributed by atoms with Crippen molar-refractivity contribution in [2.24, 2.45) is 5.41 Å². The number of aliphatic hydroxyl groups is 1. The Bertz CT molecular complexity index is 2030. The molecule has 15 nitrogen and oxygen atoms in total. The zero-order chi connectivity index (χ0) is 41.1. The standard InChI is InChI=1S/C41H49N7O8S/c1-25-36(57-24-44-25)27-11-9-26(10-12-27)20-43-39(53)33-19-30(49)21-48(33)40(54)37(41(2,3)4)47-35(51)23-56-18-17-55-22-34(50)45-29-15-13-28(14-16-29)38(52)46-32-8-6-5-7-31(32)42/h5-16,24,30,33,37,49H,17-23,42H2,1-4H3,(H,43,53)(H,45,50)(H,46,52)(H,47,51). The molecule has 302 valence electrons. The van der Waals surface area contributed by atoms with Gasteiger partial charge in [0.1, 0.15) is 25.3 Å². The number of nitrogens with one attached hydrogen (secondary N) is 4. The van der Waals surface area contributed by atoms with Gasteiger partial charge in [0.2, 0.25) is 23.6 Å². The molecule has 0 aliphatic carbocycles. The fourth-order valence-corrected chi connectivity index (χ4v) is 6.95. The molecular weight excluding hydrogens is 751 g/mol. The third kappa shape index (κ3) is 11.9. The second-order valence-corrected chi connectivity index (χ2v) is 15.6. The maximum Gasteiger partial charge on any atom is 0.255 e. The molecule has 1 aliphatic heterocycles.